The van der Waals surface area contributed by atoms with E-state index in [-0.39, 0.29) is 5.69 Å². The van der Waals surface area contributed by atoms with Crippen molar-refractivity contribution < 1.29 is 13.2 Å². The Kier molecular flexibility index (Phi) is 2.56. The molecule has 0 aliphatic heterocycles. The van der Waals surface area contributed by atoms with E-state index >= 15 is 0 Å². The topological polar surface area (TPSA) is 38.9 Å². The molecule has 1 atom stereocenters. The Hall–Kier alpha value is -1.10. The summed E-state index contributed by atoms with van der Waals surface area (Å²) in [6, 6.07) is 1.51. The quantitative estimate of drug-likeness (QED) is 0.736. The summed E-state index contributed by atoms with van der Waals surface area (Å²) < 4.78 is 36.9. The van der Waals surface area contributed by atoms with E-state index in [0.717, 1.165) is 6.07 Å². The van der Waals surface area contributed by atoms with Gasteiger partial charge >= 0.3 is 6.18 Å². The zero-order valence-electron chi connectivity index (χ0n) is 6.97. The minimum atomic E-state index is -4.38. The van der Waals surface area contributed by atoms with Crippen molar-refractivity contribution in [3.05, 3.63) is 29.6 Å². The van der Waals surface area contributed by atoms with Gasteiger partial charge < -0.3 is 5.73 Å². The van der Waals surface area contributed by atoms with Gasteiger partial charge in [0.05, 0.1) is 11.3 Å². The number of pyridine rings is 1. The second kappa shape index (κ2) is 3.33. The first-order valence-electron chi connectivity index (χ1n) is 3.70. The van der Waals surface area contributed by atoms with E-state index in [1.165, 1.54) is 19.2 Å². The normalized spacial score (nSPS) is 14.2. The van der Waals surface area contributed by atoms with E-state index in [9.17, 15) is 13.2 Å². The molecular formula is C8H9F3N2. The van der Waals surface area contributed by atoms with Gasteiger partial charge in [0.1, 0.15) is 0 Å². The van der Waals surface area contributed by atoms with Crippen molar-refractivity contribution in [2.45, 2.75) is 19.1 Å². The summed E-state index contributed by atoms with van der Waals surface area (Å²) in [5.41, 5.74) is 4.47. The van der Waals surface area contributed by atoms with Crippen LogP contribution in [0.5, 0.6) is 0 Å². The van der Waals surface area contributed by atoms with E-state index in [4.69, 9.17) is 5.73 Å². The molecule has 1 rings (SSSR count). The van der Waals surface area contributed by atoms with Crippen molar-refractivity contribution in [2.24, 2.45) is 5.73 Å². The lowest BCUT2D eigenvalue weighted by Gasteiger charge is -2.13. The molecule has 1 aromatic rings. The third-order valence-corrected chi connectivity index (χ3v) is 1.58. The van der Waals surface area contributed by atoms with Gasteiger partial charge in [0, 0.05) is 12.2 Å². The minimum Gasteiger partial charge on any atom is -0.323 e. The Morgan fingerprint density at radius 2 is 2.08 bits per heavy atom. The number of alkyl halides is 3. The fraction of sp³-hybridized carbons (Fsp3) is 0.375. The van der Waals surface area contributed by atoms with Crippen LogP contribution in [0.25, 0.3) is 0 Å². The fourth-order valence-electron chi connectivity index (χ4n) is 1.02. The molecule has 0 saturated carbocycles. The molecule has 0 aliphatic rings. The van der Waals surface area contributed by atoms with Crippen LogP contribution in [-0.4, -0.2) is 4.98 Å². The van der Waals surface area contributed by atoms with Gasteiger partial charge in [-0.15, -0.1) is 0 Å². The summed E-state index contributed by atoms with van der Waals surface area (Å²) in [5, 5.41) is 0. The van der Waals surface area contributed by atoms with Crippen molar-refractivity contribution in [3.8, 4) is 0 Å². The molecule has 13 heavy (non-hydrogen) atoms. The van der Waals surface area contributed by atoms with E-state index in [1.54, 1.807) is 0 Å². The Balaban J connectivity index is 3.20. The second-order valence-corrected chi connectivity index (χ2v) is 2.72. The summed E-state index contributed by atoms with van der Waals surface area (Å²) in [7, 11) is 0. The van der Waals surface area contributed by atoms with Crippen LogP contribution in [0.3, 0.4) is 0 Å². The lowest BCUT2D eigenvalue weighted by molar-refractivity contribution is -0.138. The number of aromatic nitrogens is 1. The van der Waals surface area contributed by atoms with Gasteiger partial charge in [0.15, 0.2) is 0 Å². The van der Waals surface area contributed by atoms with E-state index < -0.39 is 17.8 Å². The zero-order chi connectivity index (χ0) is 10.1. The van der Waals surface area contributed by atoms with Gasteiger partial charge in [0.2, 0.25) is 0 Å². The highest BCUT2D eigenvalue weighted by atomic mass is 19.4. The fourth-order valence-corrected chi connectivity index (χ4v) is 1.02. The molecule has 0 amide bonds. The van der Waals surface area contributed by atoms with Crippen molar-refractivity contribution in [1.82, 2.24) is 4.98 Å². The Bertz CT molecular complexity index is 294. The Morgan fingerprint density at radius 1 is 1.46 bits per heavy atom. The highest BCUT2D eigenvalue weighted by Gasteiger charge is 2.34. The molecule has 2 N–H and O–H groups in total. The third kappa shape index (κ3) is 2.18. The lowest BCUT2D eigenvalue weighted by atomic mass is 10.1. The maximum atomic E-state index is 12.3. The lowest BCUT2D eigenvalue weighted by Crippen LogP contribution is -2.16. The molecule has 1 heterocycles. The predicted molar refractivity (Wildman–Crippen MR) is 41.8 cm³/mol. The van der Waals surface area contributed by atoms with Crippen LogP contribution >= 0.6 is 0 Å². The highest BCUT2D eigenvalue weighted by molar-refractivity contribution is 5.24. The molecular weight excluding hydrogens is 181 g/mol. The molecule has 0 aliphatic carbocycles. The first-order valence-corrected chi connectivity index (χ1v) is 3.70. The predicted octanol–water partition coefficient (Wildman–Crippen LogP) is 2.12. The van der Waals surface area contributed by atoms with Gasteiger partial charge in [0.25, 0.3) is 0 Å². The molecule has 0 radical (unpaired) electrons. The van der Waals surface area contributed by atoms with Gasteiger partial charge in [-0.3, -0.25) is 4.98 Å². The largest absolute Gasteiger partial charge is 0.418 e. The Morgan fingerprint density at radius 3 is 2.46 bits per heavy atom. The minimum absolute atomic E-state index is 0.116. The van der Waals surface area contributed by atoms with E-state index in [0.29, 0.717) is 0 Å². The summed E-state index contributed by atoms with van der Waals surface area (Å²) in [6.45, 7) is 1.47. The number of nitrogens with two attached hydrogens (primary N) is 1. The van der Waals surface area contributed by atoms with Crippen LogP contribution in [0.1, 0.15) is 24.2 Å². The third-order valence-electron chi connectivity index (χ3n) is 1.58. The molecule has 5 heteroatoms. The van der Waals surface area contributed by atoms with Gasteiger partial charge in [-0.1, -0.05) is 0 Å². The van der Waals surface area contributed by atoms with Crippen LogP contribution < -0.4 is 5.73 Å². The summed E-state index contributed by atoms with van der Waals surface area (Å²) in [6.07, 6.45) is -3.08. The van der Waals surface area contributed by atoms with Gasteiger partial charge in [-0.05, 0) is 19.1 Å². The molecule has 72 valence electrons. The molecule has 0 aromatic carbocycles. The van der Waals surface area contributed by atoms with Crippen molar-refractivity contribution in [3.63, 3.8) is 0 Å². The molecule has 1 unspecified atom stereocenters. The first kappa shape index (κ1) is 9.98. The first-order chi connectivity index (χ1) is 5.93. The zero-order valence-corrected chi connectivity index (χ0v) is 6.97. The summed E-state index contributed by atoms with van der Waals surface area (Å²) in [5.74, 6) is 0. The van der Waals surface area contributed by atoms with Crippen LogP contribution in [0.2, 0.25) is 0 Å². The number of nitrogens with zero attached hydrogens (tertiary/aromatic N) is 1. The molecule has 0 saturated heterocycles. The van der Waals surface area contributed by atoms with E-state index in [2.05, 4.69) is 4.98 Å². The molecule has 0 bridgehead atoms. The number of hydrogen-bond donors (Lipinski definition) is 1. The van der Waals surface area contributed by atoms with Crippen LogP contribution in [0.4, 0.5) is 13.2 Å². The smallest absolute Gasteiger partial charge is 0.323 e. The standard InChI is InChI=1S/C8H9F3N2/c1-5(12)7-6(8(9,10)11)3-2-4-13-7/h2-5H,12H2,1H3. The van der Waals surface area contributed by atoms with Crippen LogP contribution in [0.15, 0.2) is 18.3 Å². The molecule has 2 nitrogen and oxygen atoms in total. The van der Waals surface area contributed by atoms with Gasteiger partial charge in [-0.25, -0.2) is 0 Å². The summed E-state index contributed by atoms with van der Waals surface area (Å²) in [4.78, 5) is 3.60. The second-order valence-electron chi connectivity index (χ2n) is 2.72. The average Bonchev–Trinajstić information content (AvgIpc) is 2.03. The molecule has 0 spiro atoms. The van der Waals surface area contributed by atoms with Crippen LogP contribution in [-0.2, 0) is 6.18 Å². The summed E-state index contributed by atoms with van der Waals surface area (Å²) >= 11 is 0. The SMILES string of the molecule is CC(N)c1ncccc1C(F)(F)F. The van der Waals surface area contributed by atoms with Crippen molar-refractivity contribution in [1.29, 1.82) is 0 Å². The number of halogens is 3. The van der Waals surface area contributed by atoms with E-state index in [1.807, 2.05) is 0 Å². The Labute approximate surface area is 73.6 Å². The molecule has 1 aromatic heterocycles. The number of hydrogen-bond acceptors (Lipinski definition) is 2. The van der Waals surface area contributed by atoms with Crippen molar-refractivity contribution >= 4 is 0 Å². The van der Waals surface area contributed by atoms with Crippen molar-refractivity contribution in [2.75, 3.05) is 0 Å². The maximum Gasteiger partial charge on any atom is 0.418 e. The maximum absolute atomic E-state index is 12.3. The van der Waals surface area contributed by atoms with Gasteiger partial charge in [-0.2, -0.15) is 13.2 Å². The highest BCUT2D eigenvalue weighted by Crippen LogP contribution is 2.32. The average molecular weight is 190 g/mol. The number of rotatable bonds is 1. The molecule has 0 fully saturated rings. The monoisotopic (exact) mass is 190 g/mol. The van der Waals surface area contributed by atoms with Crippen LogP contribution in [0, 0.1) is 0 Å².